The predicted octanol–water partition coefficient (Wildman–Crippen LogP) is 8.60. The Balaban J connectivity index is 1.38. The van der Waals surface area contributed by atoms with E-state index in [0.29, 0.717) is 11.5 Å². The molecule has 0 N–H and O–H groups in total. The molecule has 1 spiro atoms. The Kier molecular flexibility index (Phi) is 4.57. The minimum Gasteiger partial charge on any atom is -0.233 e. The summed E-state index contributed by atoms with van der Waals surface area (Å²) >= 11 is 0. The van der Waals surface area contributed by atoms with Gasteiger partial charge in [-0.15, -0.1) is 0 Å². The number of benzene rings is 5. The van der Waals surface area contributed by atoms with Crippen LogP contribution in [0.15, 0.2) is 121 Å². The highest BCUT2D eigenvalue weighted by Crippen LogP contribution is 2.63. The average molecular weight is 503 g/mol. The van der Waals surface area contributed by atoms with E-state index in [-0.39, 0.29) is 5.41 Å². The van der Waals surface area contributed by atoms with E-state index >= 15 is 0 Å². The van der Waals surface area contributed by atoms with E-state index in [1.54, 1.807) is 6.92 Å². The summed E-state index contributed by atoms with van der Waals surface area (Å²) < 4.78 is 14.0. The van der Waals surface area contributed by atoms with Crippen molar-refractivity contribution < 1.29 is 4.39 Å². The van der Waals surface area contributed by atoms with Gasteiger partial charge in [0, 0.05) is 17.3 Å². The molecule has 5 aromatic carbocycles. The fourth-order valence-electron chi connectivity index (χ4n) is 6.84. The van der Waals surface area contributed by atoms with Crippen molar-refractivity contribution in [2.75, 3.05) is 0 Å². The smallest absolute Gasteiger partial charge is 0.216 e. The molecule has 39 heavy (non-hydrogen) atoms. The van der Waals surface area contributed by atoms with Crippen LogP contribution in [0.2, 0.25) is 0 Å². The zero-order valence-electron chi connectivity index (χ0n) is 21.3. The summed E-state index contributed by atoms with van der Waals surface area (Å²) in [5.74, 6) is -0.109. The Labute approximate surface area is 226 Å². The lowest BCUT2D eigenvalue weighted by molar-refractivity contribution is 0.579. The lowest BCUT2D eigenvalue weighted by atomic mass is 9.70. The topological polar surface area (TPSA) is 25.8 Å². The van der Waals surface area contributed by atoms with Crippen LogP contribution in [0.4, 0.5) is 4.39 Å². The van der Waals surface area contributed by atoms with Gasteiger partial charge in [-0.05, 0) is 62.6 Å². The summed E-state index contributed by atoms with van der Waals surface area (Å²) in [4.78, 5) is 8.44. The summed E-state index contributed by atoms with van der Waals surface area (Å²) in [6, 6.07) is 42.7. The number of aromatic nitrogens is 2. The van der Waals surface area contributed by atoms with E-state index in [1.807, 2.05) is 12.1 Å². The number of nitrogens with zero attached hydrogens (tertiary/aromatic N) is 2. The molecule has 0 saturated carbocycles. The van der Waals surface area contributed by atoms with E-state index < -0.39 is 5.95 Å². The number of hydrogen-bond acceptors (Lipinski definition) is 2. The first-order valence-corrected chi connectivity index (χ1v) is 13.2. The van der Waals surface area contributed by atoms with Gasteiger partial charge in [0.2, 0.25) is 5.95 Å². The van der Waals surface area contributed by atoms with Crippen molar-refractivity contribution in [2.45, 2.75) is 12.3 Å². The first-order chi connectivity index (χ1) is 19.2. The molecule has 0 unspecified atom stereocenters. The number of rotatable bonds is 2. The van der Waals surface area contributed by atoms with Gasteiger partial charge in [-0.1, -0.05) is 115 Å². The van der Waals surface area contributed by atoms with E-state index in [1.165, 1.54) is 56.1 Å². The molecule has 0 bridgehead atoms. The Bertz CT molecular complexity index is 1870. The molecule has 8 rings (SSSR count). The highest BCUT2D eigenvalue weighted by atomic mass is 19.1. The van der Waals surface area contributed by atoms with Gasteiger partial charge < -0.3 is 0 Å². The zero-order valence-corrected chi connectivity index (χ0v) is 21.3. The summed E-state index contributed by atoms with van der Waals surface area (Å²) in [7, 11) is 0. The van der Waals surface area contributed by atoms with Gasteiger partial charge in [0.25, 0.3) is 0 Å². The molecule has 1 heterocycles. The molecule has 2 nitrogen and oxygen atoms in total. The number of hydrogen-bond donors (Lipinski definition) is 0. The first-order valence-electron chi connectivity index (χ1n) is 13.2. The van der Waals surface area contributed by atoms with E-state index in [0.717, 1.165) is 11.1 Å². The highest BCUT2D eigenvalue weighted by molar-refractivity contribution is 5.99. The monoisotopic (exact) mass is 502 g/mol. The largest absolute Gasteiger partial charge is 0.233 e. The third-order valence-electron chi connectivity index (χ3n) is 8.30. The Hall–Kier alpha value is -4.89. The minimum absolute atomic E-state index is 0.359. The molecule has 0 fully saturated rings. The third kappa shape index (κ3) is 2.96. The Morgan fingerprint density at radius 1 is 0.513 bits per heavy atom. The first kappa shape index (κ1) is 22.1. The molecular weight excluding hydrogens is 479 g/mol. The molecule has 0 radical (unpaired) electrons. The second kappa shape index (κ2) is 8.05. The molecule has 2 aliphatic rings. The van der Waals surface area contributed by atoms with Crippen LogP contribution in [-0.2, 0) is 5.41 Å². The lowest BCUT2D eigenvalue weighted by Crippen LogP contribution is -2.25. The summed E-state index contributed by atoms with van der Waals surface area (Å²) in [6.07, 6.45) is 0. The fourth-order valence-corrected chi connectivity index (χ4v) is 6.84. The second-order valence-corrected chi connectivity index (χ2v) is 10.3. The van der Waals surface area contributed by atoms with Crippen LogP contribution in [-0.4, -0.2) is 9.97 Å². The van der Waals surface area contributed by atoms with Crippen LogP contribution >= 0.6 is 0 Å². The second-order valence-electron chi connectivity index (χ2n) is 10.3. The van der Waals surface area contributed by atoms with Crippen molar-refractivity contribution in [3.8, 4) is 44.8 Å². The molecule has 1 aromatic heterocycles. The Morgan fingerprint density at radius 3 is 1.67 bits per heavy atom. The quantitative estimate of drug-likeness (QED) is 0.221. The molecule has 3 heteroatoms. The molecule has 184 valence electrons. The number of aryl methyl sites for hydroxylation is 1. The van der Waals surface area contributed by atoms with Gasteiger partial charge in [0.15, 0.2) is 5.82 Å². The van der Waals surface area contributed by atoms with Crippen molar-refractivity contribution in [1.82, 2.24) is 9.97 Å². The predicted molar refractivity (Wildman–Crippen MR) is 154 cm³/mol. The molecule has 0 amide bonds. The average Bonchev–Trinajstić information content (AvgIpc) is 3.44. The summed E-state index contributed by atoms with van der Waals surface area (Å²) in [5, 5.41) is 0. The van der Waals surface area contributed by atoms with Gasteiger partial charge >= 0.3 is 0 Å². The van der Waals surface area contributed by atoms with Gasteiger partial charge in [-0.2, -0.15) is 9.37 Å². The van der Waals surface area contributed by atoms with Crippen LogP contribution in [0.5, 0.6) is 0 Å². The fraction of sp³-hybridized carbons (Fsp3) is 0.0556. The van der Waals surface area contributed by atoms with Crippen LogP contribution < -0.4 is 0 Å². The van der Waals surface area contributed by atoms with Crippen LogP contribution in [0.3, 0.4) is 0 Å². The SMILES string of the molecule is Cc1cc(F)nc(-c2ccc(-c3cccc4c3-c3ccccc3C43c4ccccc4-c4ccccc43)cc2)n1. The summed E-state index contributed by atoms with van der Waals surface area (Å²) in [5.41, 5.74) is 13.8. The maximum Gasteiger partial charge on any atom is 0.216 e. The van der Waals surface area contributed by atoms with Gasteiger partial charge in [-0.3, -0.25) is 0 Å². The lowest BCUT2D eigenvalue weighted by Gasteiger charge is -2.30. The van der Waals surface area contributed by atoms with E-state index in [9.17, 15) is 4.39 Å². The maximum absolute atomic E-state index is 14.0. The normalized spacial score (nSPS) is 13.6. The standard InChI is InChI=1S/C36H23FN2/c1-22-21-33(37)39-35(38-22)24-19-17-23(18-20-24)25-12-8-16-32-34(25)28-11-4-7-15-31(28)36(32)29-13-5-2-9-26(29)27-10-3-6-14-30(27)36/h2-21H,1H3. The van der Waals surface area contributed by atoms with Crippen molar-refractivity contribution in [2.24, 2.45) is 0 Å². The minimum atomic E-state index is -0.513. The molecular formula is C36H23FN2. The molecule has 0 aliphatic heterocycles. The number of halogens is 1. The highest BCUT2D eigenvalue weighted by Gasteiger charge is 2.51. The molecule has 0 saturated heterocycles. The van der Waals surface area contributed by atoms with Gasteiger partial charge in [-0.25, -0.2) is 4.98 Å². The van der Waals surface area contributed by atoms with Crippen LogP contribution in [0, 0.1) is 12.9 Å². The van der Waals surface area contributed by atoms with Crippen molar-refractivity contribution in [1.29, 1.82) is 0 Å². The maximum atomic E-state index is 14.0. The van der Waals surface area contributed by atoms with E-state index in [2.05, 4.69) is 113 Å². The van der Waals surface area contributed by atoms with Crippen LogP contribution in [0.25, 0.3) is 44.8 Å². The molecule has 6 aromatic rings. The third-order valence-corrected chi connectivity index (χ3v) is 8.30. The zero-order chi connectivity index (χ0) is 26.1. The Morgan fingerprint density at radius 2 is 1.03 bits per heavy atom. The number of fused-ring (bicyclic) bond motifs is 10. The van der Waals surface area contributed by atoms with Crippen molar-refractivity contribution >= 4 is 0 Å². The molecule has 2 aliphatic carbocycles. The van der Waals surface area contributed by atoms with E-state index in [4.69, 9.17) is 0 Å². The van der Waals surface area contributed by atoms with Crippen molar-refractivity contribution in [3.05, 3.63) is 155 Å². The summed E-state index contributed by atoms with van der Waals surface area (Å²) in [6.45, 7) is 1.78. The molecule has 0 atom stereocenters. The van der Waals surface area contributed by atoms with Crippen LogP contribution in [0.1, 0.15) is 27.9 Å². The van der Waals surface area contributed by atoms with Gasteiger partial charge in [0.1, 0.15) is 0 Å². The van der Waals surface area contributed by atoms with Crippen molar-refractivity contribution in [3.63, 3.8) is 0 Å². The van der Waals surface area contributed by atoms with Gasteiger partial charge in [0.05, 0.1) is 5.41 Å².